The van der Waals surface area contributed by atoms with Crippen LogP contribution in [-0.2, 0) is 6.42 Å². The first-order valence-corrected chi connectivity index (χ1v) is 7.78. The van der Waals surface area contributed by atoms with E-state index in [-0.39, 0.29) is 11.7 Å². The number of unbranched alkanes of at least 4 members (excludes halogenated alkanes) is 1. The number of hydrogen-bond acceptors (Lipinski definition) is 1. The Hall–Kier alpha value is -1.64. The summed E-state index contributed by atoms with van der Waals surface area (Å²) in [5, 5.41) is 0. The maximum Gasteiger partial charge on any atom is 0.249 e. The van der Waals surface area contributed by atoms with Gasteiger partial charge in [0.15, 0.2) is 0 Å². The lowest BCUT2D eigenvalue weighted by Gasteiger charge is -2.22. The highest BCUT2D eigenvalue weighted by molar-refractivity contribution is 5.95. The molecule has 0 heterocycles. The molecule has 116 valence electrons. The molecule has 0 saturated carbocycles. The molecule has 1 unspecified atom stereocenters. The van der Waals surface area contributed by atoms with E-state index in [0.717, 1.165) is 31.2 Å². The molecule has 0 bridgehead atoms. The number of benzene rings is 1. The topological polar surface area (TPSA) is 43.1 Å². The lowest BCUT2D eigenvalue weighted by atomic mass is 9.83. The van der Waals surface area contributed by atoms with E-state index in [1.807, 2.05) is 19.9 Å². The van der Waals surface area contributed by atoms with Crippen LogP contribution >= 0.6 is 0 Å². The third-order valence-corrected chi connectivity index (χ3v) is 3.98. The van der Waals surface area contributed by atoms with E-state index in [2.05, 4.69) is 13.0 Å². The third-order valence-electron chi connectivity index (χ3n) is 3.98. The van der Waals surface area contributed by atoms with Crippen molar-refractivity contribution in [2.24, 2.45) is 5.73 Å². The Morgan fingerprint density at radius 1 is 1.38 bits per heavy atom. The molecular weight excluding hydrogens is 265 g/mol. The van der Waals surface area contributed by atoms with Crippen LogP contribution in [0.2, 0.25) is 0 Å². The van der Waals surface area contributed by atoms with Crippen molar-refractivity contribution in [3.63, 3.8) is 0 Å². The van der Waals surface area contributed by atoms with Gasteiger partial charge in [-0.05, 0) is 68.2 Å². The highest BCUT2D eigenvalue weighted by Gasteiger charge is 2.22. The Morgan fingerprint density at radius 3 is 2.62 bits per heavy atom. The van der Waals surface area contributed by atoms with Crippen LogP contribution in [0.4, 0.5) is 4.39 Å². The van der Waals surface area contributed by atoms with Crippen molar-refractivity contribution in [3.8, 4) is 0 Å². The van der Waals surface area contributed by atoms with Gasteiger partial charge in [-0.25, -0.2) is 4.39 Å². The highest BCUT2D eigenvalue weighted by atomic mass is 19.1. The van der Waals surface area contributed by atoms with Gasteiger partial charge >= 0.3 is 0 Å². The fourth-order valence-corrected chi connectivity index (χ4v) is 2.88. The molecule has 0 aliphatic heterocycles. The number of halogens is 1. The van der Waals surface area contributed by atoms with Crippen LogP contribution in [0.1, 0.15) is 73.9 Å². The van der Waals surface area contributed by atoms with Gasteiger partial charge in [0.1, 0.15) is 5.82 Å². The summed E-state index contributed by atoms with van der Waals surface area (Å²) in [5.74, 6) is -0.514. The average molecular weight is 291 g/mol. The Bertz CT molecular complexity index is 508. The molecule has 0 fully saturated rings. The molecule has 21 heavy (non-hydrogen) atoms. The molecule has 1 aromatic rings. The van der Waals surface area contributed by atoms with Gasteiger partial charge in [0.25, 0.3) is 0 Å². The van der Waals surface area contributed by atoms with Gasteiger partial charge < -0.3 is 5.73 Å². The summed E-state index contributed by atoms with van der Waals surface area (Å²) < 4.78 is 14.1. The Balaban J connectivity index is 3.15. The fraction of sp³-hybridized carbons (Fsp3) is 0.500. The van der Waals surface area contributed by atoms with Crippen LogP contribution in [0.25, 0.3) is 0 Å². The van der Waals surface area contributed by atoms with E-state index >= 15 is 0 Å². The van der Waals surface area contributed by atoms with Crippen molar-refractivity contribution in [2.45, 2.75) is 58.8 Å². The number of amides is 1. The maximum atomic E-state index is 14.1. The van der Waals surface area contributed by atoms with Gasteiger partial charge in [0, 0.05) is 5.56 Å². The minimum Gasteiger partial charge on any atom is -0.366 e. The number of carbonyl (C=O) groups excluding carboxylic acids is 1. The van der Waals surface area contributed by atoms with Crippen molar-refractivity contribution in [1.82, 2.24) is 0 Å². The molecule has 2 N–H and O–H groups in total. The average Bonchev–Trinajstić information content (AvgIpc) is 2.47. The van der Waals surface area contributed by atoms with Crippen LogP contribution in [0, 0.1) is 5.82 Å². The van der Waals surface area contributed by atoms with E-state index in [1.165, 1.54) is 12.1 Å². The Labute approximate surface area is 127 Å². The summed E-state index contributed by atoms with van der Waals surface area (Å²) in [7, 11) is 0. The quantitative estimate of drug-likeness (QED) is 0.546. The van der Waals surface area contributed by atoms with Crippen LogP contribution < -0.4 is 5.73 Å². The summed E-state index contributed by atoms with van der Waals surface area (Å²) in [5.41, 5.74) is 7.43. The fourth-order valence-electron chi connectivity index (χ4n) is 2.88. The number of rotatable bonds is 8. The molecule has 2 nitrogen and oxygen atoms in total. The Kier molecular flexibility index (Phi) is 7.13. The van der Waals surface area contributed by atoms with E-state index in [0.29, 0.717) is 17.5 Å². The molecule has 1 rings (SSSR count). The largest absolute Gasteiger partial charge is 0.366 e. The summed E-state index contributed by atoms with van der Waals surface area (Å²) in [6.45, 7) is 6.00. The van der Waals surface area contributed by atoms with E-state index in [4.69, 9.17) is 5.73 Å². The van der Waals surface area contributed by atoms with Gasteiger partial charge in [0.2, 0.25) is 5.91 Å². The smallest absolute Gasteiger partial charge is 0.249 e. The maximum absolute atomic E-state index is 14.1. The minimum absolute atomic E-state index is 0.184. The molecule has 1 atom stereocenters. The first-order chi connectivity index (χ1) is 10.1. The first-order valence-electron chi connectivity index (χ1n) is 7.78. The number of carbonyl (C=O) groups is 1. The predicted octanol–water partition coefficient (Wildman–Crippen LogP) is 4.73. The first kappa shape index (κ1) is 17.4. The minimum atomic E-state index is -0.466. The van der Waals surface area contributed by atoms with E-state index in [9.17, 15) is 9.18 Å². The predicted molar refractivity (Wildman–Crippen MR) is 86.0 cm³/mol. The second-order valence-corrected chi connectivity index (χ2v) is 5.31. The molecule has 0 aliphatic carbocycles. The van der Waals surface area contributed by atoms with Crippen molar-refractivity contribution >= 4 is 5.91 Å². The van der Waals surface area contributed by atoms with E-state index < -0.39 is 5.91 Å². The van der Waals surface area contributed by atoms with Crippen molar-refractivity contribution in [3.05, 3.63) is 46.8 Å². The molecule has 0 spiro atoms. The normalized spacial score (nSPS) is 12.8. The van der Waals surface area contributed by atoms with Gasteiger partial charge in [0.05, 0.1) is 0 Å². The number of hydrogen-bond donors (Lipinski definition) is 1. The lowest BCUT2D eigenvalue weighted by molar-refractivity contribution is 0.0998. The summed E-state index contributed by atoms with van der Waals surface area (Å²) >= 11 is 0. The van der Waals surface area contributed by atoms with E-state index in [1.54, 1.807) is 0 Å². The van der Waals surface area contributed by atoms with Gasteiger partial charge in [-0.2, -0.15) is 0 Å². The zero-order valence-corrected chi connectivity index (χ0v) is 13.3. The third kappa shape index (κ3) is 4.42. The number of allylic oxidation sites excluding steroid dienone is 2. The second kappa shape index (κ2) is 8.60. The summed E-state index contributed by atoms with van der Waals surface area (Å²) in [6, 6.07) is 2.88. The van der Waals surface area contributed by atoms with Crippen LogP contribution in [0.3, 0.4) is 0 Å². The summed E-state index contributed by atoms with van der Waals surface area (Å²) in [6.07, 6.45) is 8.61. The lowest BCUT2D eigenvalue weighted by Crippen LogP contribution is -2.18. The molecule has 0 saturated heterocycles. The SMILES string of the molecule is C/C=C/CCCC(CC)c1c(C(N)=O)ccc(F)c1CC. The number of primary amides is 1. The molecule has 1 amide bonds. The molecule has 3 heteroatoms. The van der Waals surface area contributed by atoms with Gasteiger partial charge in [-0.15, -0.1) is 0 Å². The monoisotopic (exact) mass is 291 g/mol. The Morgan fingerprint density at radius 2 is 2.10 bits per heavy atom. The second-order valence-electron chi connectivity index (χ2n) is 5.31. The van der Waals surface area contributed by atoms with Crippen LogP contribution in [0.15, 0.2) is 24.3 Å². The molecule has 1 aromatic carbocycles. The molecular formula is C18H26FNO. The standard InChI is InChI=1S/C18H26FNO/c1-4-7-8-9-10-13(5-2)17-14(6-3)16(19)12-11-15(17)18(20)21/h4,7,11-13H,5-6,8-10H2,1-3H3,(H2,20,21)/b7-4+. The van der Waals surface area contributed by atoms with Crippen molar-refractivity contribution in [2.75, 3.05) is 0 Å². The van der Waals surface area contributed by atoms with Crippen LogP contribution in [0.5, 0.6) is 0 Å². The van der Waals surface area contributed by atoms with Crippen LogP contribution in [-0.4, -0.2) is 5.91 Å². The number of nitrogens with two attached hydrogens (primary N) is 1. The van der Waals surface area contributed by atoms with Gasteiger partial charge in [-0.3, -0.25) is 4.79 Å². The highest BCUT2D eigenvalue weighted by Crippen LogP contribution is 2.33. The molecule has 0 aliphatic rings. The summed E-state index contributed by atoms with van der Waals surface area (Å²) in [4.78, 5) is 11.7. The van der Waals surface area contributed by atoms with Gasteiger partial charge in [-0.1, -0.05) is 26.0 Å². The zero-order chi connectivity index (χ0) is 15.8. The molecule has 0 aromatic heterocycles. The van der Waals surface area contributed by atoms with Crippen molar-refractivity contribution in [1.29, 1.82) is 0 Å². The molecule has 0 radical (unpaired) electrons. The van der Waals surface area contributed by atoms with Crippen molar-refractivity contribution < 1.29 is 9.18 Å². The zero-order valence-electron chi connectivity index (χ0n) is 13.3.